The van der Waals surface area contributed by atoms with Gasteiger partial charge in [0, 0.05) is 0 Å². The van der Waals surface area contributed by atoms with Crippen molar-refractivity contribution in [3.05, 3.63) is 91.0 Å². The molecule has 0 spiro atoms. The third-order valence-corrected chi connectivity index (χ3v) is 10.3. The molecule has 0 unspecified atom stereocenters. The molecule has 1 aliphatic rings. The SMILES string of the molecule is C[O-].c1ccc([P+](c2ccccc2)(c2ccccc2)C2CCCC2)cc1. The lowest BCUT2D eigenvalue weighted by molar-refractivity contribution is -0.325. The highest BCUT2D eigenvalue weighted by molar-refractivity contribution is 7.96. The summed E-state index contributed by atoms with van der Waals surface area (Å²) in [4.78, 5) is 0. The predicted octanol–water partition coefficient (Wildman–Crippen LogP) is 3.90. The van der Waals surface area contributed by atoms with Crippen molar-refractivity contribution in [2.24, 2.45) is 0 Å². The van der Waals surface area contributed by atoms with Crippen LogP contribution in [0, 0.1) is 0 Å². The average molecular weight is 362 g/mol. The van der Waals surface area contributed by atoms with Gasteiger partial charge in [-0.1, -0.05) is 54.6 Å². The molecule has 0 amide bonds. The Balaban J connectivity index is 0.000000948. The van der Waals surface area contributed by atoms with Gasteiger partial charge >= 0.3 is 0 Å². The Morgan fingerprint density at radius 3 is 1.19 bits per heavy atom. The molecule has 0 aromatic heterocycles. The van der Waals surface area contributed by atoms with Gasteiger partial charge in [-0.2, -0.15) is 7.11 Å². The number of hydrogen-bond donors (Lipinski definition) is 0. The van der Waals surface area contributed by atoms with Crippen molar-refractivity contribution in [2.75, 3.05) is 7.11 Å². The normalized spacial score (nSPS) is 14.5. The molecular formula is C24H27OP. The first kappa shape index (κ1) is 18.8. The van der Waals surface area contributed by atoms with Crippen LogP contribution in [0.25, 0.3) is 0 Å². The van der Waals surface area contributed by atoms with E-state index >= 15 is 0 Å². The minimum atomic E-state index is -1.60. The van der Waals surface area contributed by atoms with Crippen LogP contribution in [0.15, 0.2) is 91.0 Å². The van der Waals surface area contributed by atoms with E-state index in [9.17, 15) is 0 Å². The average Bonchev–Trinajstić information content (AvgIpc) is 3.28. The highest BCUT2D eigenvalue weighted by Crippen LogP contribution is 2.63. The largest absolute Gasteiger partial charge is 0.857 e. The molecule has 0 aliphatic heterocycles. The molecule has 0 radical (unpaired) electrons. The molecule has 0 N–H and O–H groups in total. The summed E-state index contributed by atoms with van der Waals surface area (Å²) in [7, 11) is -0.851. The summed E-state index contributed by atoms with van der Waals surface area (Å²) in [6.07, 6.45) is 5.46. The summed E-state index contributed by atoms with van der Waals surface area (Å²) in [5.74, 6) is 0. The monoisotopic (exact) mass is 362 g/mol. The van der Waals surface area contributed by atoms with Crippen LogP contribution < -0.4 is 21.0 Å². The van der Waals surface area contributed by atoms with Gasteiger partial charge in [0.05, 0.1) is 5.66 Å². The van der Waals surface area contributed by atoms with Crippen LogP contribution in [0.4, 0.5) is 0 Å². The lowest BCUT2D eigenvalue weighted by Gasteiger charge is -2.32. The van der Waals surface area contributed by atoms with E-state index in [1.165, 1.54) is 41.6 Å². The summed E-state index contributed by atoms with van der Waals surface area (Å²) in [6, 6.07) is 33.9. The molecule has 3 aromatic rings. The van der Waals surface area contributed by atoms with Crippen LogP contribution in [0.3, 0.4) is 0 Å². The third kappa shape index (κ3) is 3.47. The van der Waals surface area contributed by atoms with Crippen LogP contribution in [0.5, 0.6) is 0 Å². The lowest BCUT2D eigenvalue weighted by atomic mass is 10.3. The maximum atomic E-state index is 8.25. The second kappa shape index (κ2) is 9.12. The zero-order valence-corrected chi connectivity index (χ0v) is 16.3. The molecule has 1 saturated carbocycles. The Morgan fingerprint density at radius 2 is 0.885 bits per heavy atom. The van der Waals surface area contributed by atoms with Crippen molar-refractivity contribution in [3.63, 3.8) is 0 Å². The Bertz CT molecular complexity index is 668. The number of hydrogen-bond acceptors (Lipinski definition) is 1. The molecule has 1 aliphatic carbocycles. The number of rotatable bonds is 4. The second-order valence-electron chi connectivity index (χ2n) is 6.67. The molecule has 2 heteroatoms. The second-order valence-corrected chi connectivity index (χ2v) is 10.4. The molecule has 1 nitrogen and oxygen atoms in total. The van der Waals surface area contributed by atoms with Crippen molar-refractivity contribution in [1.82, 2.24) is 0 Å². The van der Waals surface area contributed by atoms with Crippen LogP contribution in [-0.2, 0) is 0 Å². The van der Waals surface area contributed by atoms with E-state index in [-0.39, 0.29) is 0 Å². The van der Waals surface area contributed by atoms with Gasteiger partial charge in [-0.25, -0.2) is 0 Å². The quantitative estimate of drug-likeness (QED) is 0.646. The maximum Gasteiger partial charge on any atom is 0.115 e. The van der Waals surface area contributed by atoms with Crippen molar-refractivity contribution in [2.45, 2.75) is 31.3 Å². The van der Waals surface area contributed by atoms with Gasteiger partial charge in [-0.15, -0.1) is 0 Å². The first-order valence-electron chi connectivity index (χ1n) is 9.39. The van der Waals surface area contributed by atoms with Crippen LogP contribution in [0.1, 0.15) is 25.7 Å². The summed E-state index contributed by atoms with van der Waals surface area (Å²) in [5, 5.41) is 12.9. The van der Waals surface area contributed by atoms with Gasteiger partial charge in [0.1, 0.15) is 23.2 Å². The van der Waals surface area contributed by atoms with Gasteiger partial charge in [0.25, 0.3) is 0 Å². The Hall–Kier alpha value is -1.95. The van der Waals surface area contributed by atoms with Crippen LogP contribution in [0.2, 0.25) is 0 Å². The van der Waals surface area contributed by atoms with Crippen molar-refractivity contribution in [1.29, 1.82) is 0 Å². The maximum absolute atomic E-state index is 8.25. The van der Waals surface area contributed by atoms with Crippen LogP contribution >= 0.6 is 7.26 Å². The Kier molecular flexibility index (Phi) is 6.61. The van der Waals surface area contributed by atoms with Gasteiger partial charge in [-0.05, 0) is 62.1 Å². The topological polar surface area (TPSA) is 23.1 Å². The van der Waals surface area contributed by atoms with E-state index in [4.69, 9.17) is 5.11 Å². The van der Waals surface area contributed by atoms with E-state index in [1.807, 2.05) is 0 Å². The summed E-state index contributed by atoms with van der Waals surface area (Å²) >= 11 is 0. The zero-order chi connectivity index (χ0) is 18.2. The van der Waals surface area contributed by atoms with Gasteiger partial charge in [0.2, 0.25) is 0 Å². The summed E-state index contributed by atoms with van der Waals surface area (Å²) in [5.41, 5.74) is 0.768. The highest BCUT2D eigenvalue weighted by Gasteiger charge is 2.52. The molecule has 3 aromatic carbocycles. The van der Waals surface area contributed by atoms with Gasteiger partial charge < -0.3 is 5.11 Å². The van der Waals surface area contributed by atoms with E-state index < -0.39 is 7.26 Å². The fraction of sp³-hybridized carbons (Fsp3) is 0.250. The predicted molar refractivity (Wildman–Crippen MR) is 113 cm³/mol. The summed E-state index contributed by atoms with van der Waals surface area (Å²) in [6.45, 7) is 0. The van der Waals surface area contributed by atoms with E-state index in [2.05, 4.69) is 91.0 Å². The number of benzene rings is 3. The lowest BCUT2D eigenvalue weighted by Crippen LogP contribution is -2.37. The van der Waals surface area contributed by atoms with E-state index in [0.29, 0.717) is 0 Å². The fourth-order valence-electron chi connectivity index (χ4n) is 4.36. The molecule has 4 rings (SSSR count). The summed E-state index contributed by atoms with van der Waals surface area (Å²) < 4.78 is 0. The molecular weight excluding hydrogens is 335 g/mol. The van der Waals surface area contributed by atoms with Crippen LogP contribution in [-0.4, -0.2) is 12.8 Å². The Labute approximate surface area is 158 Å². The molecule has 0 saturated heterocycles. The van der Waals surface area contributed by atoms with Crippen molar-refractivity contribution < 1.29 is 5.11 Å². The first-order chi connectivity index (χ1) is 12.9. The fourth-order valence-corrected chi connectivity index (χ4v) is 9.59. The molecule has 26 heavy (non-hydrogen) atoms. The van der Waals surface area contributed by atoms with E-state index in [0.717, 1.165) is 12.8 Å². The molecule has 0 heterocycles. The van der Waals surface area contributed by atoms with Crippen molar-refractivity contribution in [3.8, 4) is 0 Å². The van der Waals surface area contributed by atoms with E-state index in [1.54, 1.807) is 0 Å². The molecule has 0 atom stereocenters. The Morgan fingerprint density at radius 1 is 0.577 bits per heavy atom. The van der Waals surface area contributed by atoms with Gasteiger partial charge in [0.15, 0.2) is 0 Å². The minimum Gasteiger partial charge on any atom is -0.857 e. The molecule has 1 fully saturated rings. The standard InChI is InChI=1S/C23H24P.CH3O/c1-4-12-20(13-5-1)24(23-18-10-11-19-23,21-14-6-2-7-15-21)22-16-8-3-9-17-22;1-2/h1-9,12-17,23H,10-11,18-19H2;1H3/q+1;-1. The smallest absolute Gasteiger partial charge is 0.115 e. The first-order valence-corrected chi connectivity index (χ1v) is 11.2. The zero-order valence-electron chi connectivity index (χ0n) is 15.4. The van der Waals surface area contributed by atoms with Gasteiger partial charge in [-0.3, -0.25) is 0 Å². The molecule has 134 valence electrons. The molecule has 0 bridgehead atoms. The third-order valence-electron chi connectivity index (χ3n) is 5.36. The highest BCUT2D eigenvalue weighted by atomic mass is 31.2. The van der Waals surface area contributed by atoms with Crippen molar-refractivity contribution >= 4 is 23.2 Å². The minimum absolute atomic E-state index is 0.750.